The monoisotopic (exact) mass is 445 g/mol. The SMILES string of the molecule is CCNC(=O)C1(Cc2ccc(-c3cccnc3)cc2)CCN(C(=O)Cc2ccc(F)cc2)C1. The highest BCUT2D eigenvalue weighted by atomic mass is 19.1. The van der Waals surface area contributed by atoms with Crippen LogP contribution in [-0.4, -0.2) is 41.3 Å². The van der Waals surface area contributed by atoms with E-state index in [0.29, 0.717) is 32.5 Å². The van der Waals surface area contributed by atoms with E-state index in [1.54, 1.807) is 23.2 Å². The molecule has 1 saturated heterocycles. The molecule has 1 fully saturated rings. The topological polar surface area (TPSA) is 62.3 Å². The van der Waals surface area contributed by atoms with E-state index in [1.165, 1.54) is 12.1 Å². The second kappa shape index (κ2) is 9.94. The van der Waals surface area contributed by atoms with Crippen LogP contribution in [0.1, 0.15) is 24.5 Å². The lowest BCUT2D eigenvalue weighted by atomic mass is 9.79. The van der Waals surface area contributed by atoms with E-state index >= 15 is 0 Å². The molecule has 1 unspecified atom stereocenters. The zero-order valence-corrected chi connectivity index (χ0v) is 18.8. The second-order valence-electron chi connectivity index (χ2n) is 8.62. The molecule has 0 aliphatic carbocycles. The third kappa shape index (κ3) is 5.28. The number of amides is 2. The first-order valence-electron chi connectivity index (χ1n) is 11.3. The molecular formula is C27H28FN3O2. The Hall–Kier alpha value is -3.54. The van der Waals surface area contributed by atoms with Crippen molar-refractivity contribution in [3.63, 3.8) is 0 Å². The molecule has 1 aliphatic rings. The molecule has 6 heteroatoms. The van der Waals surface area contributed by atoms with Crippen LogP contribution in [-0.2, 0) is 22.4 Å². The van der Waals surface area contributed by atoms with Crippen LogP contribution in [0.2, 0.25) is 0 Å². The summed E-state index contributed by atoms with van der Waals surface area (Å²) in [5, 5.41) is 2.97. The number of carbonyl (C=O) groups is 2. The highest BCUT2D eigenvalue weighted by Crippen LogP contribution is 2.35. The first kappa shape index (κ1) is 22.6. The largest absolute Gasteiger partial charge is 0.356 e. The van der Waals surface area contributed by atoms with Crippen LogP contribution < -0.4 is 5.32 Å². The average Bonchev–Trinajstić information content (AvgIpc) is 3.27. The zero-order chi connectivity index (χ0) is 23.3. The maximum atomic E-state index is 13.2. The van der Waals surface area contributed by atoms with E-state index in [0.717, 1.165) is 22.3 Å². The molecule has 0 radical (unpaired) electrons. The standard InChI is InChI=1S/C27H28FN3O2/c1-2-30-26(33)27(17-21-5-9-22(10-6-21)23-4-3-14-29-18-23)13-15-31(19-27)25(32)16-20-7-11-24(28)12-8-20/h3-12,14,18H,2,13,15-17,19H2,1H3,(H,30,33). The summed E-state index contributed by atoms with van der Waals surface area (Å²) in [6.45, 7) is 3.36. The summed E-state index contributed by atoms with van der Waals surface area (Å²) in [5.74, 6) is -0.379. The fraction of sp³-hybridized carbons (Fsp3) is 0.296. The Labute approximate surface area is 193 Å². The lowest BCUT2D eigenvalue weighted by Crippen LogP contribution is -2.45. The van der Waals surface area contributed by atoms with Gasteiger partial charge < -0.3 is 10.2 Å². The van der Waals surface area contributed by atoms with Gasteiger partial charge in [-0.15, -0.1) is 0 Å². The van der Waals surface area contributed by atoms with E-state index in [1.807, 2.05) is 49.5 Å². The first-order valence-corrected chi connectivity index (χ1v) is 11.3. The van der Waals surface area contributed by atoms with E-state index in [9.17, 15) is 14.0 Å². The summed E-state index contributed by atoms with van der Waals surface area (Å²) in [4.78, 5) is 32.0. The van der Waals surface area contributed by atoms with E-state index in [2.05, 4.69) is 10.3 Å². The zero-order valence-electron chi connectivity index (χ0n) is 18.8. The summed E-state index contributed by atoms with van der Waals surface area (Å²) in [5.41, 5.74) is 3.27. The number of likely N-dealkylation sites (tertiary alicyclic amines) is 1. The number of nitrogens with one attached hydrogen (secondary N) is 1. The molecular weight excluding hydrogens is 417 g/mol. The van der Waals surface area contributed by atoms with Crippen LogP contribution in [0.5, 0.6) is 0 Å². The summed E-state index contributed by atoms with van der Waals surface area (Å²) >= 11 is 0. The highest BCUT2D eigenvalue weighted by molar-refractivity contribution is 5.86. The van der Waals surface area contributed by atoms with Gasteiger partial charge in [0.1, 0.15) is 5.82 Å². The molecule has 1 atom stereocenters. The molecule has 4 rings (SSSR count). The Morgan fingerprint density at radius 1 is 1.03 bits per heavy atom. The molecule has 3 aromatic rings. The van der Waals surface area contributed by atoms with Gasteiger partial charge >= 0.3 is 0 Å². The van der Waals surface area contributed by atoms with Crippen molar-refractivity contribution < 1.29 is 14.0 Å². The van der Waals surface area contributed by atoms with Crippen molar-refractivity contribution >= 4 is 11.8 Å². The number of halogens is 1. The molecule has 5 nitrogen and oxygen atoms in total. The lowest BCUT2D eigenvalue weighted by Gasteiger charge is -2.28. The van der Waals surface area contributed by atoms with Gasteiger partial charge in [0.05, 0.1) is 11.8 Å². The van der Waals surface area contributed by atoms with Crippen LogP contribution in [0.3, 0.4) is 0 Å². The van der Waals surface area contributed by atoms with Gasteiger partial charge in [-0.25, -0.2) is 4.39 Å². The molecule has 2 heterocycles. The molecule has 33 heavy (non-hydrogen) atoms. The van der Waals surface area contributed by atoms with Gasteiger partial charge in [-0.1, -0.05) is 42.5 Å². The Bertz CT molecular complexity index is 1100. The van der Waals surface area contributed by atoms with Gasteiger partial charge in [0.2, 0.25) is 11.8 Å². The van der Waals surface area contributed by atoms with Gasteiger partial charge in [-0.05, 0) is 60.2 Å². The van der Waals surface area contributed by atoms with Crippen molar-refractivity contribution in [2.24, 2.45) is 5.41 Å². The van der Waals surface area contributed by atoms with Gasteiger partial charge in [0, 0.05) is 32.0 Å². The molecule has 0 bridgehead atoms. The Balaban J connectivity index is 1.49. The molecule has 0 saturated carbocycles. The van der Waals surface area contributed by atoms with Crippen molar-refractivity contribution in [2.75, 3.05) is 19.6 Å². The minimum atomic E-state index is -0.662. The fourth-order valence-electron chi connectivity index (χ4n) is 4.47. The Morgan fingerprint density at radius 3 is 2.42 bits per heavy atom. The van der Waals surface area contributed by atoms with Crippen molar-refractivity contribution in [3.05, 3.63) is 90.0 Å². The summed E-state index contributed by atoms with van der Waals surface area (Å²) in [6, 6.07) is 18.1. The van der Waals surface area contributed by atoms with Gasteiger partial charge in [-0.3, -0.25) is 14.6 Å². The number of rotatable bonds is 7. The molecule has 170 valence electrons. The van der Waals surface area contributed by atoms with E-state index in [-0.39, 0.29) is 24.1 Å². The minimum absolute atomic E-state index is 0.0154. The lowest BCUT2D eigenvalue weighted by molar-refractivity contribution is -0.132. The summed E-state index contributed by atoms with van der Waals surface area (Å²) in [7, 11) is 0. The minimum Gasteiger partial charge on any atom is -0.356 e. The van der Waals surface area contributed by atoms with Crippen LogP contribution >= 0.6 is 0 Å². The van der Waals surface area contributed by atoms with Crippen molar-refractivity contribution in [2.45, 2.75) is 26.2 Å². The Kier molecular flexibility index (Phi) is 6.82. The molecule has 1 aliphatic heterocycles. The fourth-order valence-corrected chi connectivity index (χ4v) is 4.47. The third-order valence-corrected chi connectivity index (χ3v) is 6.29. The molecule has 2 aromatic carbocycles. The normalized spacial score (nSPS) is 17.7. The van der Waals surface area contributed by atoms with Crippen LogP contribution in [0.25, 0.3) is 11.1 Å². The molecule has 0 spiro atoms. The quantitative estimate of drug-likeness (QED) is 0.597. The van der Waals surface area contributed by atoms with Crippen molar-refractivity contribution in [3.8, 4) is 11.1 Å². The highest BCUT2D eigenvalue weighted by Gasteiger charge is 2.45. The van der Waals surface area contributed by atoms with E-state index in [4.69, 9.17) is 0 Å². The van der Waals surface area contributed by atoms with Gasteiger partial charge in [0.25, 0.3) is 0 Å². The number of aromatic nitrogens is 1. The van der Waals surface area contributed by atoms with Gasteiger partial charge in [-0.2, -0.15) is 0 Å². The number of carbonyl (C=O) groups excluding carboxylic acids is 2. The number of pyridine rings is 1. The van der Waals surface area contributed by atoms with Crippen LogP contribution in [0.15, 0.2) is 73.1 Å². The predicted octanol–water partition coefficient (Wildman–Crippen LogP) is 4.03. The second-order valence-corrected chi connectivity index (χ2v) is 8.62. The predicted molar refractivity (Wildman–Crippen MR) is 126 cm³/mol. The maximum Gasteiger partial charge on any atom is 0.228 e. The number of benzene rings is 2. The number of hydrogen-bond donors (Lipinski definition) is 1. The molecule has 1 aromatic heterocycles. The van der Waals surface area contributed by atoms with Crippen molar-refractivity contribution in [1.82, 2.24) is 15.2 Å². The van der Waals surface area contributed by atoms with Crippen LogP contribution in [0.4, 0.5) is 4.39 Å². The number of nitrogens with zero attached hydrogens (tertiary/aromatic N) is 2. The van der Waals surface area contributed by atoms with E-state index < -0.39 is 5.41 Å². The maximum absolute atomic E-state index is 13.2. The first-order chi connectivity index (χ1) is 16.0. The molecule has 2 amide bonds. The van der Waals surface area contributed by atoms with Gasteiger partial charge in [0.15, 0.2) is 0 Å². The van der Waals surface area contributed by atoms with Crippen molar-refractivity contribution in [1.29, 1.82) is 0 Å². The smallest absolute Gasteiger partial charge is 0.228 e. The summed E-state index contributed by atoms with van der Waals surface area (Å²) < 4.78 is 13.2. The number of hydrogen-bond acceptors (Lipinski definition) is 3. The average molecular weight is 446 g/mol. The molecule has 1 N–H and O–H groups in total. The Morgan fingerprint density at radius 2 is 1.76 bits per heavy atom. The third-order valence-electron chi connectivity index (χ3n) is 6.29. The summed E-state index contributed by atoms with van der Waals surface area (Å²) in [6.07, 6.45) is 4.94. The van der Waals surface area contributed by atoms with Crippen LogP contribution in [0, 0.1) is 11.2 Å².